The lowest BCUT2D eigenvalue weighted by atomic mass is 10.1. The van der Waals surface area contributed by atoms with Crippen LogP contribution in [0.5, 0.6) is 0 Å². The number of carboxylic acid groups (broad SMARTS) is 1. The third-order valence-corrected chi connectivity index (χ3v) is 1.48. The van der Waals surface area contributed by atoms with E-state index in [1.807, 2.05) is 0 Å². The summed E-state index contributed by atoms with van der Waals surface area (Å²) in [5, 5.41) is 8.54. The van der Waals surface area contributed by atoms with Crippen molar-refractivity contribution < 1.29 is 9.90 Å². The molecular formula is C7H9NO2. The van der Waals surface area contributed by atoms with Gasteiger partial charge in [0.2, 0.25) is 0 Å². The molecule has 3 nitrogen and oxygen atoms in total. The lowest BCUT2D eigenvalue weighted by Crippen LogP contribution is -2.04. The minimum atomic E-state index is -0.923. The van der Waals surface area contributed by atoms with Gasteiger partial charge in [0.25, 0.3) is 0 Å². The Balaban J connectivity index is 2.90. The molecule has 1 rings (SSSR count). The van der Waals surface area contributed by atoms with Crippen LogP contribution >= 0.6 is 0 Å². The van der Waals surface area contributed by atoms with Crippen LogP contribution in [0.25, 0.3) is 0 Å². The molecule has 10 heavy (non-hydrogen) atoms. The van der Waals surface area contributed by atoms with Crippen LogP contribution in [0, 0.1) is 0 Å². The standard InChI is InChI=1S/C7H9NO2/c1-5-3-2-4-8-6(5)7(9)10/h4H,2-3H2,1H3,(H,9,10). The minimum Gasteiger partial charge on any atom is -0.477 e. The van der Waals surface area contributed by atoms with E-state index in [0.717, 1.165) is 18.4 Å². The summed E-state index contributed by atoms with van der Waals surface area (Å²) in [6.07, 6.45) is 3.34. The molecular weight excluding hydrogens is 130 g/mol. The summed E-state index contributed by atoms with van der Waals surface area (Å²) in [6.45, 7) is 1.81. The predicted molar refractivity (Wildman–Crippen MR) is 38.1 cm³/mol. The Kier molecular flexibility index (Phi) is 1.85. The zero-order chi connectivity index (χ0) is 7.56. The van der Waals surface area contributed by atoms with E-state index in [-0.39, 0.29) is 5.70 Å². The second-order valence-electron chi connectivity index (χ2n) is 2.28. The normalized spacial score (nSPS) is 17.7. The van der Waals surface area contributed by atoms with Gasteiger partial charge in [0.1, 0.15) is 5.70 Å². The van der Waals surface area contributed by atoms with Gasteiger partial charge < -0.3 is 5.11 Å². The Morgan fingerprint density at radius 3 is 2.90 bits per heavy atom. The quantitative estimate of drug-likeness (QED) is 0.593. The number of carbonyl (C=O) groups is 1. The van der Waals surface area contributed by atoms with Crippen molar-refractivity contribution in [3.8, 4) is 0 Å². The minimum absolute atomic E-state index is 0.214. The van der Waals surface area contributed by atoms with Gasteiger partial charge in [0, 0.05) is 6.21 Å². The molecule has 1 aliphatic rings. The van der Waals surface area contributed by atoms with Gasteiger partial charge in [-0.3, -0.25) is 4.99 Å². The van der Waals surface area contributed by atoms with Crippen LogP contribution in [0.2, 0.25) is 0 Å². The monoisotopic (exact) mass is 139 g/mol. The van der Waals surface area contributed by atoms with Crippen molar-refractivity contribution in [2.45, 2.75) is 19.8 Å². The number of hydrogen-bond acceptors (Lipinski definition) is 2. The Morgan fingerprint density at radius 2 is 2.50 bits per heavy atom. The zero-order valence-electron chi connectivity index (χ0n) is 5.79. The van der Waals surface area contributed by atoms with Crippen molar-refractivity contribution >= 4 is 12.2 Å². The lowest BCUT2D eigenvalue weighted by molar-refractivity contribution is -0.132. The van der Waals surface area contributed by atoms with E-state index < -0.39 is 5.97 Å². The smallest absolute Gasteiger partial charge is 0.354 e. The fraction of sp³-hybridized carbons (Fsp3) is 0.429. The largest absolute Gasteiger partial charge is 0.477 e. The Bertz CT molecular complexity index is 216. The lowest BCUT2D eigenvalue weighted by Gasteiger charge is -2.06. The van der Waals surface area contributed by atoms with Crippen molar-refractivity contribution in [2.75, 3.05) is 0 Å². The van der Waals surface area contributed by atoms with Gasteiger partial charge in [-0.05, 0) is 25.3 Å². The maximum Gasteiger partial charge on any atom is 0.354 e. The molecule has 0 aromatic carbocycles. The van der Waals surface area contributed by atoms with E-state index in [4.69, 9.17) is 5.11 Å². The molecule has 0 unspecified atom stereocenters. The molecule has 0 atom stereocenters. The first-order valence-corrected chi connectivity index (χ1v) is 3.17. The van der Waals surface area contributed by atoms with Crippen LogP contribution < -0.4 is 0 Å². The molecule has 0 aromatic rings. The summed E-state index contributed by atoms with van der Waals surface area (Å²) in [4.78, 5) is 14.2. The van der Waals surface area contributed by atoms with E-state index in [9.17, 15) is 4.79 Å². The van der Waals surface area contributed by atoms with Gasteiger partial charge in [-0.25, -0.2) is 4.79 Å². The van der Waals surface area contributed by atoms with Gasteiger partial charge in [0.05, 0.1) is 0 Å². The van der Waals surface area contributed by atoms with Crippen molar-refractivity contribution in [1.29, 1.82) is 0 Å². The molecule has 1 heterocycles. The highest BCUT2D eigenvalue weighted by Crippen LogP contribution is 2.15. The maximum atomic E-state index is 10.4. The molecule has 1 N–H and O–H groups in total. The number of nitrogens with zero attached hydrogens (tertiary/aromatic N) is 1. The van der Waals surface area contributed by atoms with Crippen LogP contribution in [0.3, 0.4) is 0 Å². The van der Waals surface area contributed by atoms with E-state index in [2.05, 4.69) is 4.99 Å². The fourth-order valence-electron chi connectivity index (χ4n) is 0.903. The summed E-state index contributed by atoms with van der Waals surface area (Å²) in [6, 6.07) is 0. The molecule has 1 aliphatic heterocycles. The van der Waals surface area contributed by atoms with Crippen LogP contribution in [-0.2, 0) is 4.79 Å². The molecule has 0 radical (unpaired) electrons. The fourth-order valence-corrected chi connectivity index (χ4v) is 0.903. The Morgan fingerprint density at radius 1 is 1.80 bits per heavy atom. The van der Waals surface area contributed by atoms with Crippen molar-refractivity contribution in [3.05, 3.63) is 11.3 Å². The molecule has 0 saturated heterocycles. The van der Waals surface area contributed by atoms with Crippen molar-refractivity contribution in [3.63, 3.8) is 0 Å². The molecule has 0 fully saturated rings. The second-order valence-corrected chi connectivity index (χ2v) is 2.28. The van der Waals surface area contributed by atoms with Gasteiger partial charge in [0.15, 0.2) is 0 Å². The van der Waals surface area contributed by atoms with Crippen molar-refractivity contribution in [2.24, 2.45) is 4.99 Å². The highest BCUT2D eigenvalue weighted by atomic mass is 16.4. The summed E-state index contributed by atoms with van der Waals surface area (Å²) in [5.74, 6) is -0.923. The van der Waals surface area contributed by atoms with Gasteiger partial charge in [-0.15, -0.1) is 0 Å². The first-order chi connectivity index (χ1) is 4.72. The number of aliphatic carboxylic acids is 1. The van der Waals surface area contributed by atoms with Crippen LogP contribution in [-0.4, -0.2) is 17.3 Å². The number of aliphatic imine (C=N–C) groups is 1. The maximum absolute atomic E-state index is 10.4. The Labute approximate surface area is 59.1 Å². The number of rotatable bonds is 1. The third kappa shape index (κ3) is 1.23. The molecule has 0 amide bonds. The second kappa shape index (κ2) is 2.64. The van der Waals surface area contributed by atoms with E-state index in [0.29, 0.717) is 0 Å². The average molecular weight is 139 g/mol. The molecule has 0 aromatic heterocycles. The number of allylic oxidation sites excluding steroid dienone is 1. The van der Waals surface area contributed by atoms with Crippen LogP contribution in [0.4, 0.5) is 0 Å². The predicted octanol–water partition coefficient (Wildman–Crippen LogP) is 1.21. The van der Waals surface area contributed by atoms with Gasteiger partial charge in [-0.1, -0.05) is 0 Å². The summed E-state index contributed by atoms with van der Waals surface area (Å²) >= 11 is 0. The van der Waals surface area contributed by atoms with E-state index in [1.165, 1.54) is 0 Å². The van der Waals surface area contributed by atoms with E-state index >= 15 is 0 Å². The van der Waals surface area contributed by atoms with E-state index in [1.54, 1.807) is 13.1 Å². The first kappa shape index (κ1) is 6.99. The third-order valence-electron chi connectivity index (χ3n) is 1.48. The number of carboxylic acids is 1. The van der Waals surface area contributed by atoms with Crippen molar-refractivity contribution in [1.82, 2.24) is 0 Å². The van der Waals surface area contributed by atoms with Gasteiger partial charge >= 0.3 is 5.97 Å². The SMILES string of the molecule is CC1=C(C(=O)O)N=CCC1. The molecule has 3 heteroatoms. The zero-order valence-corrected chi connectivity index (χ0v) is 5.79. The molecule has 0 spiro atoms. The topological polar surface area (TPSA) is 49.7 Å². The first-order valence-electron chi connectivity index (χ1n) is 3.17. The summed E-state index contributed by atoms with van der Waals surface area (Å²) in [5.41, 5.74) is 1.08. The highest BCUT2D eigenvalue weighted by molar-refractivity contribution is 5.89. The van der Waals surface area contributed by atoms with Gasteiger partial charge in [-0.2, -0.15) is 0 Å². The van der Waals surface area contributed by atoms with Crippen LogP contribution in [0.1, 0.15) is 19.8 Å². The summed E-state index contributed by atoms with van der Waals surface area (Å²) in [7, 11) is 0. The van der Waals surface area contributed by atoms with Crippen LogP contribution in [0.15, 0.2) is 16.3 Å². The average Bonchev–Trinajstić information content (AvgIpc) is 1.88. The Hall–Kier alpha value is -1.12. The molecule has 54 valence electrons. The molecule has 0 saturated carbocycles. The molecule has 0 aliphatic carbocycles. The highest BCUT2D eigenvalue weighted by Gasteiger charge is 2.11. The number of hydrogen-bond donors (Lipinski definition) is 1. The molecule has 0 bridgehead atoms. The summed E-state index contributed by atoms with van der Waals surface area (Å²) < 4.78 is 0.